The molecule has 120 valence electrons. The topological polar surface area (TPSA) is 9.72 Å². The molecule has 3 nitrogen and oxygen atoms in total. The van der Waals surface area contributed by atoms with Crippen LogP contribution in [-0.2, 0) is 0 Å². The van der Waals surface area contributed by atoms with Gasteiger partial charge in [-0.2, -0.15) is 0 Å². The lowest BCUT2D eigenvalue weighted by atomic mass is 9.90. The van der Waals surface area contributed by atoms with Crippen molar-refractivity contribution in [3.8, 4) is 0 Å². The van der Waals surface area contributed by atoms with E-state index in [2.05, 4.69) is 21.6 Å². The molecule has 4 rings (SSSR count). The maximum absolute atomic E-state index is 2.96. The van der Waals surface area contributed by atoms with E-state index >= 15 is 0 Å². The van der Waals surface area contributed by atoms with Crippen molar-refractivity contribution in [2.75, 3.05) is 32.7 Å². The summed E-state index contributed by atoms with van der Waals surface area (Å²) in [5, 5.41) is 0. The van der Waals surface area contributed by atoms with Gasteiger partial charge in [0.15, 0.2) is 0 Å². The van der Waals surface area contributed by atoms with Crippen molar-refractivity contribution in [3.05, 3.63) is 0 Å². The zero-order valence-corrected chi connectivity index (χ0v) is 13.8. The summed E-state index contributed by atoms with van der Waals surface area (Å²) in [6, 6.07) is 3.52. The Kier molecular flexibility index (Phi) is 4.25. The number of hydrogen-bond acceptors (Lipinski definition) is 3. The largest absolute Gasteiger partial charge is 0.300 e. The SMILES string of the molecule is CCC1CN2CCCCC2CN1C1CCN2CCCC2C1. The number of rotatable bonds is 2. The molecule has 0 aromatic heterocycles. The number of piperazine rings is 1. The predicted molar refractivity (Wildman–Crippen MR) is 87.6 cm³/mol. The molecule has 21 heavy (non-hydrogen) atoms. The molecule has 0 aliphatic carbocycles. The van der Waals surface area contributed by atoms with Gasteiger partial charge >= 0.3 is 0 Å². The van der Waals surface area contributed by atoms with Crippen LogP contribution in [0.25, 0.3) is 0 Å². The molecular weight excluding hydrogens is 258 g/mol. The molecular formula is C18H33N3. The Morgan fingerprint density at radius 3 is 2.52 bits per heavy atom. The molecule has 0 N–H and O–H groups in total. The van der Waals surface area contributed by atoms with E-state index in [-0.39, 0.29) is 0 Å². The van der Waals surface area contributed by atoms with Crippen molar-refractivity contribution in [1.82, 2.24) is 14.7 Å². The highest BCUT2D eigenvalue weighted by atomic mass is 15.3. The van der Waals surface area contributed by atoms with Crippen molar-refractivity contribution in [2.45, 2.75) is 82.5 Å². The van der Waals surface area contributed by atoms with Gasteiger partial charge in [-0.3, -0.25) is 9.80 Å². The monoisotopic (exact) mass is 291 g/mol. The summed E-state index contributed by atoms with van der Waals surface area (Å²) in [5.74, 6) is 0. The molecule has 0 aromatic carbocycles. The quantitative estimate of drug-likeness (QED) is 0.774. The smallest absolute Gasteiger partial charge is 0.0224 e. The Hall–Kier alpha value is -0.120. The summed E-state index contributed by atoms with van der Waals surface area (Å²) >= 11 is 0. The molecule has 0 radical (unpaired) electrons. The summed E-state index contributed by atoms with van der Waals surface area (Å²) in [6.07, 6.45) is 11.5. The first-order valence-corrected chi connectivity index (χ1v) is 9.59. The minimum Gasteiger partial charge on any atom is -0.300 e. The van der Waals surface area contributed by atoms with Crippen LogP contribution in [0.15, 0.2) is 0 Å². The third-order valence-electron chi connectivity index (χ3n) is 6.82. The molecule has 0 spiro atoms. The van der Waals surface area contributed by atoms with Crippen molar-refractivity contribution < 1.29 is 0 Å². The summed E-state index contributed by atoms with van der Waals surface area (Å²) in [5.41, 5.74) is 0. The second-order valence-corrected chi connectivity index (χ2v) is 7.91. The fourth-order valence-electron chi connectivity index (χ4n) is 5.59. The fourth-order valence-corrected chi connectivity index (χ4v) is 5.59. The van der Waals surface area contributed by atoms with Gasteiger partial charge in [0.1, 0.15) is 0 Å². The number of piperidine rings is 2. The Balaban J connectivity index is 1.44. The third kappa shape index (κ3) is 2.77. The van der Waals surface area contributed by atoms with Gasteiger partial charge in [0.2, 0.25) is 0 Å². The molecule has 4 heterocycles. The highest BCUT2D eigenvalue weighted by Crippen LogP contribution is 2.33. The van der Waals surface area contributed by atoms with Crippen LogP contribution < -0.4 is 0 Å². The minimum absolute atomic E-state index is 0.831. The van der Waals surface area contributed by atoms with Crippen LogP contribution in [0.4, 0.5) is 0 Å². The van der Waals surface area contributed by atoms with E-state index in [0.29, 0.717) is 0 Å². The highest BCUT2D eigenvalue weighted by Gasteiger charge is 2.40. The molecule has 0 saturated carbocycles. The molecule has 4 aliphatic rings. The van der Waals surface area contributed by atoms with Crippen LogP contribution in [0.5, 0.6) is 0 Å². The molecule has 4 fully saturated rings. The van der Waals surface area contributed by atoms with Crippen LogP contribution >= 0.6 is 0 Å². The maximum atomic E-state index is 2.96. The van der Waals surface area contributed by atoms with Crippen molar-refractivity contribution in [2.24, 2.45) is 0 Å². The van der Waals surface area contributed by atoms with Crippen LogP contribution in [0, 0.1) is 0 Å². The van der Waals surface area contributed by atoms with E-state index in [4.69, 9.17) is 0 Å². The Morgan fingerprint density at radius 1 is 0.762 bits per heavy atom. The first-order chi connectivity index (χ1) is 10.3. The van der Waals surface area contributed by atoms with Crippen LogP contribution in [-0.4, -0.2) is 71.6 Å². The highest BCUT2D eigenvalue weighted by molar-refractivity contribution is 4.97. The Bertz CT molecular complexity index is 358. The summed E-state index contributed by atoms with van der Waals surface area (Å²) in [6.45, 7) is 9.26. The van der Waals surface area contributed by atoms with Crippen LogP contribution in [0.3, 0.4) is 0 Å². The van der Waals surface area contributed by atoms with Gasteiger partial charge in [-0.25, -0.2) is 0 Å². The Labute approximate surface area is 130 Å². The zero-order valence-electron chi connectivity index (χ0n) is 13.8. The molecule has 4 atom stereocenters. The number of hydrogen-bond donors (Lipinski definition) is 0. The lowest BCUT2D eigenvalue weighted by Crippen LogP contribution is -2.63. The van der Waals surface area contributed by atoms with E-state index in [1.54, 1.807) is 0 Å². The average molecular weight is 291 g/mol. The molecule has 4 unspecified atom stereocenters. The Morgan fingerprint density at radius 2 is 1.62 bits per heavy atom. The van der Waals surface area contributed by atoms with Gasteiger partial charge in [-0.15, -0.1) is 0 Å². The summed E-state index contributed by atoms with van der Waals surface area (Å²) < 4.78 is 0. The average Bonchev–Trinajstić information content (AvgIpc) is 3.01. The lowest BCUT2D eigenvalue weighted by Gasteiger charge is -2.52. The lowest BCUT2D eigenvalue weighted by molar-refractivity contribution is -0.0344. The zero-order chi connectivity index (χ0) is 14.2. The van der Waals surface area contributed by atoms with Crippen LogP contribution in [0.1, 0.15) is 58.3 Å². The van der Waals surface area contributed by atoms with Crippen LogP contribution in [0.2, 0.25) is 0 Å². The van der Waals surface area contributed by atoms with E-state index < -0.39 is 0 Å². The molecule has 3 heteroatoms. The maximum Gasteiger partial charge on any atom is 0.0224 e. The van der Waals surface area contributed by atoms with Gasteiger partial charge in [0.25, 0.3) is 0 Å². The molecule has 0 aromatic rings. The predicted octanol–water partition coefficient (Wildman–Crippen LogP) is 2.56. The standard InChI is InChI=1S/C18H33N3/c1-2-15-13-20-9-4-3-6-18(20)14-21(15)17-8-11-19-10-5-7-16(19)12-17/h15-18H,2-14H2,1H3. The first kappa shape index (κ1) is 14.5. The minimum atomic E-state index is 0.831. The van der Waals surface area contributed by atoms with Crippen molar-refractivity contribution >= 4 is 0 Å². The molecule has 0 amide bonds. The summed E-state index contributed by atoms with van der Waals surface area (Å²) in [7, 11) is 0. The van der Waals surface area contributed by atoms with Crippen molar-refractivity contribution in [1.29, 1.82) is 0 Å². The fraction of sp³-hybridized carbons (Fsp3) is 1.00. The van der Waals surface area contributed by atoms with Gasteiger partial charge in [0, 0.05) is 37.3 Å². The van der Waals surface area contributed by atoms with Gasteiger partial charge in [-0.1, -0.05) is 13.3 Å². The van der Waals surface area contributed by atoms with E-state index in [1.807, 2.05) is 0 Å². The van der Waals surface area contributed by atoms with Gasteiger partial charge in [-0.05, 0) is 64.6 Å². The molecule has 0 bridgehead atoms. The van der Waals surface area contributed by atoms with Crippen molar-refractivity contribution in [3.63, 3.8) is 0 Å². The van der Waals surface area contributed by atoms with E-state index in [1.165, 1.54) is 84.1 Å². The van der Waals surface area contributed by atoms with E-state index in [0.717, 1.165) is 24.2 Å². The number of nitrogens with zero attached hydrogens (tertiary/aromatic N) is 3. The molecule has 4 saturated heterocycles. The van der Waals surface area contributed by atoms with Gasteiger partial charge < -0.3 is 4.90 Å². The number of fused-ring (bicyclic) bond motifs is 2. The third-order valence-corrected chi connectivity index (χ3v) is 6.82. The first-order valence-electron chi connectivity index (χ1n) is 9.59. The van der Waals surface area contributed by atoms with Gasteiger partial charge in [0.05, 0.1) is 0 Å². The van der Waals surface area contributed by atoms with E-state index in [9.17, 15) is 0 Å². The second kappa shape index (κ2) is 6.17. The molecule has 4 aliphatic heterocycles. The summed E-state index contributed by atoms with van der Waals surface area (Å²) in [4.78, 5) is 8.55. The normalized spacial score (nSPS) is 42.7. The second-order valence-electron chi connectivity index (χ2n) is 7.91.